The molecular formula is C18H21N5OS. The van der Waals surface area contributed by atoms with Crippen molar-refractivity contribution in [3.8, 4) is 0 Å². The topological polar surface area (TPSA) is 65.1 Å². The molecule has 1 aliphatic rings. The Kier molecular flexibility index (Phi) is 4.17. The van der Waals surface area contributed by atoms with Gasteiger partial charge in [-0.1, -0.05) is 6.92 Å². The number of likely N-dealkylation sites (tertiary alicyclic amines) is 1. The molecule has 0 radical (unpaired) electrons. The number of carbonyl (C=O) groups is 1. The molecule has 3 aromatic heterocycles. The fourth-order valence-corrected chi connectivity index (χ4v) is 4.23. The normalized spacial score (nSPS) is 20.8. The molecule has 2 atom stereocenters. The predicted molar refractivity (Wildman–Crippen MR) is 100 cm³/mol. The molecule has 1 N–H and O–H groups in total. The maximum absolute atomic E-state index is 12.7. The molecule has 1 aliphatic heterocycles. The van der Waals surface area contributed by atoms with Crippen molar-refractivity contribution >= 4 is 34.1 Å². The zero-order valence-corrected chi connectivity index (χ0v) is 15.2. The van der Waals surface area contributed by atoms with Gasteiger partial charge in [0.15, 0.2) is 0 Å². The monoisotopic (exact) mass is 355 g/mol. The summed E-state index contributed by atoms with van der Waals surface area (Å²) in [5.74, 6) is 1.52. The first-order valence-corrected chi connectivity index (χ1v) is 9.42. The number of thiophene rings is 1. The van der Waals surface area contributed by atoms with Crippen molar-refractivity contribution < 1.29 is 4.79 Å². The summed E-state index contributed by atoms with van der Waals surface area (Å²) in [7, 11) is 2.06. The predicted octanol–water partition coefficient (Wildman–Crippen LogP) is 3.01. The van der Waals surface area contributed by atoms with Crippen LogP contribution in [0.1, 0.15) is 23.7 Å². The Morgan fingerprint density at radius 3 is 3.08 bits per heavy atom. The first-order chi connectivity index (χ1) is 12.1. The van der Waals surface area contributed by atoms with Crippen LogP contribution in [0, 0.1) is 5.92 Å². The van der Waals surface area contributed by atoms with Crippen molar-refractivity contribution in [3.63, 3.8) is 0 Å². The Balaban J connectivity index is 1.59. The Morgan fingerprint density at radius 1 is 1.40 bits per heavy atom. The van der Waals surface area contributed by atoms with E-state index in [9.17, 15) is 4.79 Å². The summed E-state index contributed by atoms with van der Waals surface area (Å²) in [5, 5.41) is 4.89. The van der Waals surface area contributed by atoms with Crippen LogP contribution in [0.25, 0.3) is 11.0 Å². The minimum Gasteiger partial charge on any atom is -0.354 e. The number of nitrogens with one attached hydrogen (secondary N) is 1. The number of hydrogen-bond acceptors (Lipinski definition) is 5. The second kappa shape index (κ2) is 6.48. The van der Waals surface area contributed by atoms with Crippen molar-refractivity contribution in [1.82, 2.24) is 19.9 Å². The molecular weight excluding hydrogens is 334 g/mol. The molecule has 4 rings (SSSR count). The summed E-state index contributed by atoms with van der Waals surface area (Å²) < 4.78 is 0. The maximum Gasteiger partial charge on any atom is 0.254 e. The highest BCUT2D eigenvalue weighted by Crippen LogP contribution is 2.29. The third kappa shape index (κ3) is 2.89. The number of fused-ring (bicyclic) bond motifs is 1. The molecule has 3 aromatic rings. The lowest BCUT2D eigenvalue weighted by atomic mass is 9.92. The summed E-state index contributed by atoms with van der Waals surface area (Å²) in [6.45, 7) is 3.77. The Labute approximate surface area is 150 Å². The number of rotatable bonds is 3. The van der Waals surface area contributed by atoms with Crippen LogP contribution in [-0.4, -0.2) is 51.9 Å². The van der Waals surface area contributed by atoms with Gasteiger partial charge in [-0.15, -0.1) is 0 Å². The largest absolute Gasteiger partial charge is 0.354 e. The van der Waals surface area contributed by atoms with Crippen LogP contribution in [0.4, 0.5) is 5.82 Å². The molecule has 4 heterocycles. The molecule has 7 heteroatoms. The van der Waals surface area contributed by atoms with Gasteiger partial charge >= 0.3 is 0 Å². The fraction of sp³-hybridized carbons (Fsp3) is 0.389. The molecule has 25 heavy (non-hydrogen) atoms. The number of carbonyl (C=O) groups excluding carboxylic acids is 1. The number of H-pyrrole nitrogens is 1. The highest BCUT2D eigenvalue weighted by atomic mass is 32.1. The van der Waals surface area contributed by atoms with E-state index in [1.54, 1.807) is 17.7 Å². The summed E-state index contributed by atoms with van der Waals surface area (Å²) in [6, 6.07) is 4.13. The third-order valence-corrected chi connectivity index (χ3v) is 5.82. The molecule has 1 fully saturated rings. The van der Waals surface area contributed by atoms with Crippen molar-refractivity contribution in [2.24, 2.45) is 5.92 Å². The summed E-state index contributed by atoms with van der Waals surface area (Å²) in [5.41, 5.74) is 1.63. The van der Waals surface area contributed by atoms with E-state index in [1.807, 2.05) is 34.0 Å². The van der Waals surface area contributed by atoms with Crippen LogP contribution >= 0.6 is 11.3 Å². The van der Waals surface area contributed by atoms with Gasteiger partial charge in [0.2, 0.25) is 0 Å². The number of amides is 1. The Hall–Kier alpha value is -2.41. The van der Waals surface area contributed by atoms with E-state index in [2.05, 4.69) is 33.8 Å². The molecule has 0 saturated carbocycles. The van der Waals surface area contributed by atoms with Gasteiger partial charge in [-0.05, 0) is 29.9 Å². The van der Waals surface area contributed by atoms with Crippen molar-refractivity contribution in [2.75, 3.05) is 25.0 Å². The third-order valence-electron chi connectivity index (χ3n) is 5.14. The van der Waals surface area contributed by atoms with Gasteiger partial charge in [-0.25, -0.2) is 9.97 Å². The van der Waals surface area contributed by atoms with Gasteiger partial charge in [0.1, 0.15) is 17.8 Å². The first-order valence-electron chi connectivity index (χ1n) is 8.47. The highest BCUT2D eigenvalue weighted by molar-refractivity contribution is 7.08. The van der Waals surface area contributed by atoms with Gasteiger partial charge in [0.25, 0.3) is 5.91 Å². The SMILES string of the molecule is C[C@H]1CCN(C(=O)c2ccsc2)C[C@H]1N(C)c1ncnc2[nH]ccc12. The molecule has 130 valence electrons. The second-order valence-corrected chi connectivity index (χ2v) is 7.42. The number of aromatic amines is 1. The van der Waals surface area contributed by atoms with Gasteiger partial charge in [0, 0.05) is 31.7 Å². The van der Waals surface area contributed by atoms with Crippen molar-refractivity contribution in [3.05, 3.63) is 41.0 Å². The molecule has 1 saturated heterocycles. The van der Waals surface area contributed by atoms with E-state index in [0.717, 1.165) is 35.4 Å². The standard InChI is InChI=1S/C18H21N5OS/c1-12-4-7-23(18(24)13-5-8-25-10-13)9-15(12)22(2)17-14-3-6-19-16(14)20-11-21-17/h3,5-6,8,10-12,15H,4,7,9H2,1-2H3,(H,19,20,21)/t12-,15+/m0/s1. The highest BCUT2D eigenvalue weighted by Gasteiger charge is 2.33. The number of piperidine rings is 1. The van der Waals surface area contributed by atoms with E-state index in [4.69, 9.17) is 0 Å². The number of aromatic nitrogens is 3. The average molecular weight is 355 g/mol. The number of hydrogen-bond donors (Lipinski definition) is 1. The van der Waals surface area contributed by atoms with Crippen LogP contribution < -0.4 is 4.90 Å². The van der Waals surface area contributed by atoms with Gasteiger partial charge in [-0.3, -0.25) is 4.79 Å². The second-order valence-electron chi connectivity index (χ2n) is 6.64. The minimum atomic E-state index is 0.126. The summed E-state index contributed by atoms with van der Waals surface area (Å²) >= 11 is 1.56. The van der Waals surface area contributed by atoms with Gasteiger partial charge < -0.3 is 14.8 Å². The average Bonchev–Trinajstić information content (AvgIpc) is 3.32. The summed E-state index contributed by atoms with van der Waals surface area (Å²) in [4.78, 5) is 28.8. The van der Waals surface area contributed by atoms with Crippen molar-refractivity contribution in [1.29, 1.82) is 0 Å². The van der Waals surface area contributed by atoms with E-state index in [1.165, 1.54) is 0 Å². The summed E-state index contributed by atoms with van der Waals surface area (Å²) in [6.07, 6.45) is 4.46. The lowest BCUT2D eigenvalue weighted by Crippen LogP contribution is -2.52. The fourth-order valence-electron chi connectivity index (χ4n) is 3.60. The lowest BCUT2D eigenvalue weighted by molar-refractivity contribution is 0.0670. The van der Waals surface area contributed by atoms with Crippen LogP contribution in [0.3, 0.4) is 0 Å². The van der Waals surface area contributed by atoms with Crippen LogP contribution in [-0.2, 0) is 0 Å². The minimum absolute atomic E-state index is 0.126. The zero-order valence-electron chi connectivity index (χ0n) is 14.3. The number of likely N-dealkylation sites (N-methyl/N-ethyl adjacent to an activating group) is 1. The lowest BCUT2D eigenvalue weighted by Gasteiger charge is -2.42. The quantitative estimate of drug-likeness (QED) is 0.784. The Bertz CT molecular complexity index is 875. The molecule has 6 nitrogen and oxygen atoms in total. The van der Waals surface area contributed by atoms with E-state index >= 15 is 0 Å². The van der Waals surface area contributed by atoms with Gasteiger partial charge in [0.05, 0.1) is 17.0 Å². The van der Waals surface area contributed by atoms with Gasteiger partial charge in [-0.2, -0.15) is 11.3 Å². The number of nitrogens with zero attached hydrogens (tertiary/aromatic N) is 4. The molecule has 1 amide bonds. The zero-order chi connectivity index (χ0) is 17.4. The van der Waals surface area contributed by atoms with Crippen molar-refractivity contribution in [2.45, 2.75) is 19.4 Å². The van der Waals surface area contributed by atoms with E-state index < -0.39 is 0 Å². The molecule has 0 bridgehead atoms. The first kappa shape index (κ1) is 16.1. The molecule has 0 aliphatic carbocycles. The van der Waals surface area contributed by atoms with E-state index in [0.29, 0.717) is 12.5 Å². The van der Waals surface area contributed by atoms with Crippen LogP contribution in [0.2, 0.25) is 0 Å². The molecule has 0 spiro atoms. The smallest absolute Gasteiger partial charge is 0.254 e. The van der Waals surface area contributed by atoms with Crippen LogP contribution in [0.5, 0.6) is 0 Å². The van der Waals surface area contributed by atoms with E-state index in [-0.39, 0.29) is 11.9 Å². The number of anilines is 1. The Morgan fingerprint density at radius 2 is 2.28 bits per heavy atom. The van der Waals surface area contributed by atoms with Crippen LogP contribution in [0.15, 0.2) is 35.4 Å². The molecule has 0 aromatic carbocycles. The maximum atomic E-state index is 12.7. The molecule has 0 unspecified atom stereocenters.